The molecule has 0 spiro atoms. The van der Waals surface area contributed by atoms with Crippen molar-refractivity contribution in [1.29, 1.82) is 0 Å². The average molecular weight is 452 g/mol. The van der Waals surface area contributed by atoms with Crippen LogP contribution < -0.4 is 4.90 Å². The SMILES string of the molecule is Cc1nc(-c2cnn(C(F)(F)F)c2)ccc1[C@H]1[C@@H](C2CC2)C(=O)N1c1ccc2[nH]cnc2c1. The number of halogens is 3. The molecule has 2 aliphatic rings. The average Bonchev–Trinajstić information content (AvgIpc) is 3.25. The Morgan fingerprint density at radius 2 is 1.97 bits per heavy atom. The van der Waals surface area contributed by atoms with Crippen molar-refractivity contribution < 1.29 is 18.0 Å². The summed E-state index contributed by atoms with van der Waals surface area (Å²) in [6.07, 6.45) is 1.17. The summed E-state index contributed by atoms with van der Waals surface area (Å²) in [7, 11) is 0. The van der Waals surface area contributed by atoms with E-state index in [1.54, 1.807) is 17.3 Å². The summed E-state index contributed by atoms with van der Waals surface area (Å²) in [5.41, 5.74) is 4.72. The molecule has 1 amide bonds. The number of carbonyl (C=O) groups excluding carboxylic acids is 1. The number of aromatic nitrogens is 5. The standard InChI is InChI=1S/C23H19F3N6O/c1-12-16(5-7-17(30-12)14-9-29-31(10-14)23(24,25)26)21-20(13-2-3-13)22(33)32(21)15-4-6-18-19(8-15)28-11-27-18/h4-11,13,20-21H,2-3H2,1H3,(H,27,28)/t20-,21+/m1/s1. The maximum Gasteiger partial charge on any atom is 0.504 e. The predicted molar refractivity (Wildman–Crippen MR) is 114 cm³/mol. The first-order valence-electron chi connectivity index (χ1n) is 10.7. The van der Waals surface area contributed by atoms with Gasteiger partial charge in [0.2, 0.25) is 5.91 Å². The molecule has 3 aromatic heterocycles. The van der Waals surface area contributed by atoms with Crippen LogP contribution in [0.4, 0.5) is 18.9 Å². The first-order valence-corrected chi connectivity index (χ1v) is 10.7. The molecular weight excluding hydrogens is 433 g/mol. The van der Waals surface area contributed by atoms with E-state index in [0.717, 1.165) is 47.5 Å². The highest BCUT2D eigenvalue weighted by molar-refractivity contribution is 6.04. The molecule has 1 aliphatic carbocycles. The molecule has 1 aromatic carbocycles. The van der Waals surface area contributed by atoms with E-state index in [0.29, 0.717) is 17.3 Å². The Hall–Kier alpha value is -3.69. The number of amides is 1. The number of hydrogen-bond donors (Lipinski definition) is 1. The van der Waals surface area contributed by atoms with E-state index >= 15 is 0 Å². The molecule has 0 bridgehead atoms. The van der Waals surface area contributed by atoms with E-state index in [9.17, 15) is 18.0 Å². The van der Waals surface area contributed by atoms with Crippen LogP contribution in [0, 0.1) is 18.8 Å². The van der Waals surface area contributed by atoms with Crippen LogP contribution in [0.3, 0.4) is 0 Å². The molecule has 2 atom stereocenters. The summed E-state index contributed by atoms with van der Waals surface area (Å²) >= 11 is 0. The van der Waals surface area contributed by atoms with Crippen LogP contribution in [0.5, 0.6) is 0 Å². The van der Waals surface area contributed by atoms with Crippen LogP contribution in [0.25, 0.3) is 22.3 Å². The van der Waals surface area contributed by atoms with Gasteiger partial charge in [0.25, 0.3) is 0 Å². The van der Waals surface area contributed by atoms with Crippen LogP contribution in [0.1, 0.15) is 30.1 Å². The monoisotopic (exact) mass is 452 g/mol. The lowest BCUT2D eigenvalue weighted by molar-refractivity contribution is -0.212. The number of alkyl halides is 3. The smallest absolute Gasteiger partial charge is 0.345 e. The third kappa shape index (κ3) is 3.20. The van der Waals surface area contributed by atoms with Crippen LogP contribution in [-0.4, -0.2) is 30.6 Å². The van der Waals surface area contributed by atoms with Gasteiger partial charge >= 0.3 is 6.30 Å². The van der Waals surface area contributed by atoms with Crippen molar-refractivity contribution in [2.75, 3.05) is 4.90 Å². The van der Waals surface area contributed by atoms with Gasteiger partial charge in [-0.2, -0.15) is 9.78 Å². The highest BCUT2D eigenvalue weighted by Gasteiger charge is 2.55. The molecule has 1 saturated heterocycles. The van der Waals surface area contributed by atoms with Crippen molar-refractivity contribution in [2.45, 2.75) is 32.1 Å². The minimum Gasteiger partial charge on any atom is -0.345 e. The lowest BCUT2D eigenvalue weighted by Crippen LogP contribution is -2.56. The molecule has 10 heteroatoms. The predicted octanol–water partition coefficient (Wildman–Crippen LogP) is 4.72. The van der Waals surface area contributed by atoms with Crippen LogP contribution in [0.2, 0.25) is 0 Å². The van der Waals surface area contributed by atoms with Crippen LogP contribution in [0.15, 0.2) is 49.1 Å². The van der Waals surface area contributed by atoms with E-state index in [2.05, 4.69) is 20.1 Å². The maximum absolute atomic E-state index is 13.2. The number of anilines is 1. The van der Waals surface area contributed by atoms with Gasteiger partial charge in [-0.3, -0.25) is 9.78 Å². The number of benzene rings is 1. The number of imidazole rings is 1. The molecule has 168 valence electrons. The molecule has 2 fully saturated rings. The fourth-order valence-corrected chi connectivity index (χ4v) is 4.76. The van der Waals surface area contributed by atoms with E-state index in [4.69, 9.17) is 0 Å². The Bertz CT molecular complexity index is 1390. The quantitative estimate of drug-likeness (QED) is 0.455. The molecule has 7 nitrogen and oxygen atoms in total. The van der Waals surface area contributed by atoms with E-state index < -0.39 is 6.30 Å². The molecule has 4 aromatic rings. The van der Waals surface area contributed by atoms with Gasteiger partial charge in [-0.15, -0.1) is 13.2 Å². The number of fused-ring (bicyclic) bond motifs is 1. The number of nitrogens with zero attached hydrogens (tertiary/aromatic N) is 5. The summed E-state index contributed by atoms with van der Waals surface area (Å²) in [5.74, 6) is 0.337. The highest BCUT2D eigenvalue weighted by Crippen LogP contribution is 2.54. The maximum atomic E-state index is 13.2. The lowest BCUT2D eigenvalue weighted by Gasteiger charge is -2.48. The first kappa shape index (κ1) is 20.0. The Balaban J connectivity index is 1.37. The Morgan fingerprint density at radius 3 is 2.67 bits per heavy atom. The van der Waals surface area contributed by atoms with Crippen molar-refractivity contribution in [2.24, 2.45) is 11.8 Å². The fourth-order valence-electron chi connectivity index (χ4n) is 4.76. The summed E-state index contributed by atoms with van der Waals surface area (Å²) in [6.45, 7) is 1.83. The summed E-state index contributed by atoms with van der Waals surface area (Å²) < 4.78 is 38.7. The molecular formula is C23H19F3N6O. The topological polar surface area (TPSA) is 79.7 Å². The van der Waals surface area contributed by atoms with Gasteiger partial charge in [-0.1, -0.05) is 6.07 Å². The lowest BCUT2D eigenvalue weighted by atomic mass is 9.78. The number of H-pyrrole nitrogens is 1. The molecule has 1 aliphatic heterocycles. The number of pyridine rings is 1. The second-order valence-corrected chi connectivity index (χ2v) is 8.63. The second kappa shape index (κ2) is 6.90. The Kier molecular flexibility index (Phi) is 4.17. The van der Waals surface area contributed by atoms with Crippen molar-refractivity contribution >= 4 is 22.6 Å². The largest absolute Gasteiger partial charge is 0.504 e. The number of aromatic amines is 1. The number of hydrogen-bond acceptors (Lipinski definition) is 4. The molecule has 4 heterocycles. The third-order valence-corrected chi connectivity index (χ3v) is 6.54. The Labute approximate surface area is 186 Å². The molecule has 0 unspecified atom stereocenters. The molecule has 0 radical (unpaired) electrons. The van der Waals surface area contributed by atoms with E-state index in [-0.39, 0.29) is 28.1 Å². The van der Waals surface area contributed by atoms with E-state index in [1.165, 1.54) is 0 Å². The summed E-state index contributed by atoms with van der Waals surface area (Å²) in [5, 5.41) is 3.39. The zero-order valence-corrected chi connectivity index (χ0v) is 17.5. The van der Waals surface area contributed by atoms with Gasteiger partial charge in [0, 0.05) is 23.1 Å². The highest BCUT2D eigenvalue weighted by atomic mass is 19.4. The number of carbonyl (C=O) groups is 1. The first-order chi connectivity index (χ1) is 15.8. The van der Waals surface area contributed by atoms with Crippen molar-refractivity contribution in [3.05, 3.63) is 60.3 Å². The second-order valence-electron chi connectivity index (χ2n) is 8.63. The zero-order valence-electron chi connectivity index (χ0n) is 17.5. The van der Waals surface area contributed by atoms with Gasteiger partial charge in [0.05, 0.1) is 41.2 Å². The molecule has 33 heavy (non-hydrogen) atoms. The molecule has 1 N–H and O–H groups in total. The number of rotatable bonds is 4. The number of nitrogens with one attached hydrogen (secondary N) is 1. The number of aryl methyl sites for hydroxylation is 1. The van der Waals surface area contributed by atoms with E-state index in [1.807, 2.05) is 31.2 Å². The zero-order chi connectivity index (χ0) is 22.9. The molecule has 1 saturated carbocycles. The summed E-state index contributed by atoms with van der Waals surface area (Å²) in [6, 6.07) is 9.09. The van der Waals surface area contributed by atoms with Crippen molar-refractivity contribution in [3.63, 3.8) is 0 Å². The van der Waals surface area contributed by atoms with Gasteiger partial charge in [-0.25, -0.2) is 4.98 Å². The number of β-lactam (4-membered cyclic amide) rings is 1. The van der Waals surface area contributed by atoms with Gasteiger partial charge in [0.1, 0.15) is 0 Å². The minimum atomic E-state index is -4.58. The third-order valence-electron chi connectivity index (χ3n) is 6.54. The van der Waals surface area contributed by atoms with Crippen LogP contribution >= 0.6 is 0 Å². The van der Waals surface area contributed by atoms with Crippen molar-refractivity contribution in [3.8, 4) is 11.3 Å². The minimum absolute atomic E-state index is 0.0338. The normalized spacial score (nSPS) is 21.0. The van der Waals surface area contributed by atoms with Gasteiger partial charge in [0.15, 0.2) is 0 Å². The fraction of sp³-hybridized carbons (Fsp3) is 0.304. The summed E-state index contributed by atoms with van der Waals surface area (Å²) in [4.78, 5) is 26.9. The molecule has 6 rings (SSSR count). The van der Waals surface area contributed by atoms with Gasteiger partial charge in [-0.05, 0) is 55.5 Å². The van der Waals surface area contributed by atoms with Gasteiger partial charge < -0.3 is 9.88 Å². The van der Waals surface area contributed by atoms with Crippen molar-refractivity contribution in [1.82, 2.24) is 24.7 Å². The van der Waals surface area contributed by atoms with Crippen LogP contribution in [-0.2, 0) is 11.1 Å². The Morgan fingerprint density at radius 1 is 1.15 bits per heavy atom.